The standard InChI is InChI=1S/C15H13N7O3/c16-14-19-12(9-25-11-7-4-8-17-13(11)22(23)24)20-15(21-14)18-10-5-2-1-3-6-10/h1-8H,9H2,(H3,16,18,19,20,21). The summed E-state index contributed by atoms with van der Waals surface area (Å²) in [5.74, 6) is 0.117. The van der Waals surface area contributed by atoms with E-state index in [0.717, 1.165) is 5.69 Å². The Kier molecular flexibility index (Phi) is 4.60. The van der Waals surface area contributed by atoms with Crippen molar-refractivity contribution in [1.29, 1.82) is 0 Å². The van der Waals surface area contributed by atoms with Crippen molar-refractivity contribution in [2.24, 2.45) is 0 Å². The number of nitro groups is 1. The molecule has 10 nitrogen and oxygen atoms in total. The van der Waals surface area contributed by atoms with E-state index < -0.39 is 4.92 Å². The van der Waals surface area contributed by atoms with Gasteiger partial charge in [-0.1, -0.05) is 18.2 Å². The van der Waals surface area contributed by atoms with Crippen LogP contribution in [0.15, 0.2) is 48.7 Å². The zero-order valence-electron chi connectivity index (χ0n) is 12.9. The summed E-state index contributed by atoms with van der Waals surface area (Å²) in [7, 11) is 0. The molecule has 0 atom stereocenters. The first-order valence-electron chi connectivity index (χ1n) is 7.16. The number of benzene rings is 1. The molecule has 0 aliphatic rings. The monoisotopic (exact) mass is 339 g/mol. The van der Waals surface area contributed by atoms with Crippen LogP contribution in [0, 0.1) is 10.1 Å². The van der Waals surface area contributed by atoms with Gasteiger partial charge >= 0.3 is 5.82 Å². The number of ether oxygens (including phenoxy) is 1. The first-order chi connectivity index (χ1) is 12.1. The number of pyridine rings is 1. The third-order valence-corrected chi connectivity index (χ3v) is 3.01. The summed E-state index contributed by atoms with van der Waals surface area (Å²) in [4.78, 5) is 26.1. The number of hydrogen-bond acceptors (Lipinski definition) is 9. The zero-order valence-corrected chi connectivity index (χ0v) is 12.9. The third kappa shape index (κ3) is 4.13. The van der Waals surface area contributed by atoms with Crippen molar-refractivity contribution in [1.82, 2.24) is 19.9 Å². The van der Waals surface area contributed by atoms with Crippen LogP contribution in [0.5, 0.6) is 5.75 Å². The number of nitrogens with two attached hydrogens (primary N) is 1. The lowest BCUT2D eigenvalue weighted by Gasteiger charge is -2.08. The number of hydrogen-bond donors (Lipinski definition) is 2. The fraction of sp³-hybridized carbons (Fsp3) is 0.0667. The highest BCUT2D eigenvalue weighted by Crippen LogP contribution is 2.23. The number of nitrogens with zero attached hydrogens (tertiary/aromatic N) is 5. The van der Waals surface area contributed by atoms with Gasteiger partial charge in [0.1, 0.15) is 12.8 Å². The van der Waals surface area contributed by atoms with Crippen molar-refractivity contribution in [2.45, 2.75) is 6.61 Å². The van der Waals surface area contributed by atoms with Crippen molar-refractivity contribution in [3.63, 3.8) is 0 Å². The van der Waals surface area contributed by atoms with E-state index in [9.17, 15) is 10.1 Å². The van der Waals surface area contributed by atoms with E-state index in [4.69, 9.17) is 10.5 Å². The predicted octanol–water partition coefficient (Wildman–Crippen LogP) is 2.08. The minimum Gasteiger partial charge on any atom is -0.477 e. The maximum Gasteiger partial charge on any atom is 0.406 e. The van der Waals surface area contributed by atoms with Crippen LogP contribution in [0.2, 0.25) is 0 Å². The Morgan fingerprint density at radius 3 is 2.68 bits per heavy atom. The van der Waals surface area contributed by atoms with Crippen molar-refractivity contribution < 1.29 is 9.66 Å². The van der Waals surface area contributed by atoms with Crippen molar-refractivity contribution in [2.75, 3.05) is 11.1 Å². The first kappa shape index (κ1) is 16.1. The van der Waals surface area contributed by atoms with Gasteiger partial charge in [-0.15, -0.1) is 0 Å². The van der Waals surface area contributed by atoms with Crippen LogP contribution >= 0.6 is 0 Å². The molecule has 0 unspecified atom stereocenters. The molecule has 0 bridgehead atoms. The normalized spacial score (nSPS) is 10.2. The van der Waals surface area contributed by atoms with Crippen LogP contribution in [0.4, 0.5) is 23.4 Å². The molecular weight excluding hydrogens is 326 g/mol. The summed E-state index contributed by atoms with van der Waals surface area (Å²) in [6.07, 6.45) is 1.31. The first-order valence-corrected chi connectivity index (χ1v) is 7.16. The van der Waals surface area contributed by atoms with Crippen molar-refractivity contribution in [3.8, 4) is 5.75 Å². The molecule has 2 aromatic heterocycles. The summed E-state index contributed by atoms with van der Waals surface area (Å²) in [5, 5.41) is 13.9. The molecule has 0 saturated carbocycles. The second-order valence-electron chi connectivity index (χ2n) is 4.80. The highest BCUT2D eigenvalue weighted by Gasteiger charge is 2.16. The molecule has 0 spiro atoms. The van der Waals surface area contributed by atoms with E-state index >= 15 is 0 Å². The van der Waals surface area contributed by atoms with Gasteiger partial charge in [-0.2, -0.15) is 15.0 Å². The largest absolute Gasteiger partial charge is 0.477 e. The highest BCUT2D eigenvalue weighted by molar-refractivity contribution is 5.53. The third-order valence-electron chi connectivity index (χ3n) is 3.01. The molecule has 0 amide bonds. The molecule has 0 aliphatic carbocycles. The number of rotatable bonds is 6. The van der Waals surface area contributed by atoms with Crippen LogP contribution in [0.25, 0.3) is 0 Å². The van der Waals surface area contributed by atoms with Crippen molar-refractivity contribution >= 4 is 23.4 Å². The summed E-state index contributed by atoms with van der Waals surface area (Å²) < 4.78 is 5.40. The molecule has 10 heteroatoms. The Morgan fingerprint density at radius 1 is 1.12 bits per heavy atom. The molecule has 0 saturated heterocycles. The van der Waals surface area contributed by atoms with Crippen molar-refractivity contribution in [3.05, 3.63) is 64.6 Å². The second-order valence-corrected chi connectivity index (χ2v) is 4.80. The van der Waals surface area contributed by atoms with Crippen LogP contribution in [0.1, 0.15) is 5.82 Å². The maximum atomic E-state index is 10.9. The summed E-state index contributed by atoms with van der Waals surface area (Å²) in [6, 6.07) is 12.3. The Hall–Kier alpha value is -3.82. The van der Waals surface area contributed by atoms with Gasteiger partial charge in [-0.05, 0) is 34.2 Å². The molecular formula is C15H13N7O3. The second kappa shape index (κ2) is 7.17. The van der Waals surface area contributed by atoms with Gasteiger partial charge in [0.2, 0.25) is 17.6 Å². The fourth-order valence-electron chi connectivity index (χ4n) is 1.98. The van der Waals surface area contributed by atoms with Crippen LogP contribution in [-0.2, 0) is 6.61 Å². The fourth-order valence-corrected chi connectivity index (χ4v) is 1.98. The zero-order chi connectivity index (χ0) is 17.6. The van der Waals surface area contributed by atoms with E-state index in [-0.39, 0.29) is 35.9 Å². The van der Waals surface area contributed by atoms with Gasteiger partial charge in [0.05, 0.1) is 0 Å². The molecule has 3 aromatic rings. The minimum atomic E-state index is -0.626. The number of aromatic nitrogens is 4. The smallest absolute Gasteiger partial charge is 0.406 e. The number of anilines is 3. The molecule has 0 fully saturated rings. The average molecular weight is 339 g/mol. The Morgan fingerprint density at radius 2 is 1.92 bits per heavy atom. The van der Waals surface area contributed by atoms with Gasteiger partial charge in [-0.3, -0.25) is 0 Å². The maximum absolute atomic E-state index is 10.9. The summed E-state index contributed by atoms with van der Waals surface area (Å²) in [5.41, 5.74) is 6.46. The predicted molar refractivity (Wildman–Crippen MR) is 89.2 cm³/mol. The number of nitrogen functional groups attached to an aromatic ring is 1. The van der Waals surface area contributed by atoms with E-state index in [1.54, 1.807) is 0 Å². The minimum absolute atomic E-state index is 0.00715. The lowest BCUT2D eigenvalue weighted by atomic mass is 10.3. The average Bonchev–Trinajstić information content (AvgIpc) is 2.60. The van der Waals surface area contributed by atoms with E-state index in [1.807, 2.05) is 30.3 Å². The summed E-state index contributed by atoms with van der Waals surface area (Å²) >= 11 is 0. The van der Waals surface area contributed by atoms with Gasteiger partial charge < -0.3 is 25.9 Å². The molecule has 0 radical (unpaired) electrons. The van der Waals surface area contributed by atoms with Gasteiger partial charge in [0.25, 0.3) is 0 Å². The molecule has 25 heavy (non-hydrogen) atoms. The quantitative estimate of drug-likeness (QED) is 0.509. The SMILES string of the molecule is Nc1nc(COc2cccnc2[N+](=O)[O-])nc(Nc2ccccc2)n1. The molecule has 2 heterocycles. The van der Waals surface area contributed by atoms with Gasteiger partial charge in [-0.25, -0.2) is 0 Å². The van der Waals surface area contributed by atoms with Crippen LogP contribution in [-0.4, -0.2) is 24.9 Å². The molecule has 1 aromatic carbocycles. The van der Waals surface area contributed by atoms with Crippen LogP contribution < -0.4 is 15.8 Å². The topological polar surface area (TPSA) is 142 Å². The lowest BCUT2D eigenvalue weighted by molar-refractivity contribution is -0.390. The Balaban J connectivity index is 1.76. The Bertz CT molecular complexity index is 889. The van der Waals surface area contributed by atoms with E-state index in [2.05, 4.69) is 25.3 Å². The van der Waals surface area contributed by atoms with Crippen LogP contribution in [0.3, 0.4) is 0 Å². The van der Waals surface area contributed by atoms with E-state index in [1.165, 1.54) is 18.3 Å². The number of nitrogens with one attached hydrogen (secondary N) is 1. The van der Waals surface area contributed by atoms with E-state index in [0.29, 0.717) is 0 Å². The molecule has 3 N–H and O–H groups in total. The Labute approximate surface area is 141 Å². The number of para-hydroxylation sites is 1. The van der Waals surface area contributed by atoms with Gasteiger partial charge in [0.15, 0.2) is 5.82 Å². The molecule has 3 rings (SSSR count). The molecule has 126 valence electrons. The molecule has 0 aliphatic heterocycles. The summed E-state index contributed by atoms with van der Waals surface area (Å²) in [6.45, 7) is -0.122. The van der Waals surface area contributed by atoms with Gasteiger partial charge in [0, 0.05) is 5.69 Å². The highest BCUT2D eigenvalue weighted by atomic mass is 16.6. The lowest BCUT2D eigenvalue weighted by Crippen LogP contribution is -2.10.